The first-order valence-corrected chi connectivity index (χ1v) is 6.14. The number of carbonyl (C=O) groups is 2. The number of hydrogen-bond donors (Lipinski definition) is 0. The van der Waals surface area contributed by atoms with E-state index in [1.165, 1.54) is 0 Å². The highest BCUT2D eigenvalue weighted by Gasteiger charge is 2.37. The van der Waals surface area contributed by atoms with Crippen LogP contribution < -0.4 is 4.90 Å². The average molecular weight is 255 g/mol. The average Bonchev–Trinajstić information content (AvgIpc) is 2.90. The van der Waals surface area contributed by atoms with Crippen molar-refractivity contribution >= 4 is 17.6 Å². The van der Waals surface area contributed by atoms with Crippen molar-refractivity contribution in [2.75, 3.05) is 4.90 Å². The van der Waals surface area contributed by atoms with Crippen molar-refractivity contribution in [3.05, 3.63) is 47.2 Å². The van der Waals surface area contributed by atoms with Gasteiger partial charge in [-0.3, -0.25) is 14.3 Å². The van der Waals surface area contributed by atoms with Gasteiger partial charge in [-0.2, -0.15) is 5.10 Å². The van der Waals surface area contributed by atoms with Gasteiger partial charge in [0.2, 0.25) is 0 Å². The molecule has 1 aliphatic rings. The third-order valence-corrected chi connectivity index (χ3v) is 3.35. The predicted molar refractivity (Wildman–Crippen MR) is 70.2 cm³/mol. The molecule has 5 heteroatoms. The van der Waals surface area contributed by atoms with Crippen LogP contribution in [0, 0.1) is 0 Å². The molecule has 0 aliphatic carbocycles. The number of benzene rings is 1. The zero-order chi connectivity index (χ0) is 13.6. The minimum atomic E-state index is -0.304. The van der Waals surface area contributed by atoms with E-state index in [0.29, 0.717) is 16.9 Å². The van der Waals surface area contributed by atoms with Crippen LogP contribution in [0.15, 0.2) is 30.3 Å². The van der Waals surface area contributed by atoms with E-state index in [-0.39, 0.29) is 11.8 Å². The summed E-state index contributed by atoms with van der Waals surface area (Å²) in [5, 5.41) is 4.25. The van der Waals surface area contributed by atoms with Gasteiger partial charge in [-0.1, -0.05) is 19.1 Å². The number of aryl methyl sites for hydroxylation is 2. The minimum absolute atomic E-state index is 0.304. The van der Waals surface area contributed by atoms with Gasteiger partial charge in [-0.25, -0.2) is 4.90 Å². The molecule has 3 rings (SSSR count). The normalized spacial score (nSPS) is 14.1. The Labute approximate surface area is 110 Å². The Bertz CT molecular complexity index is 653. The Morgan fingerprint density at radius 2 is 1.68 bits per heavy atom. The summed E-state index contributed by atoms with van der Waals surface area (Å²) in [4.78, 5) is 25.7. The fourth-order valence-corrected chi connectivity index (χ4v) is 2.33. The van der Waals surface area contributed by atoms with Crippen molar-refractivity contribution in [3.8, 4) is 0 Å². The Morgan fingerprint density at radius 1 is 1.11 bits per heavy atom. The molecule has 1 aliphatic heterocycles. The van der Waals surface area contributed by atoms with Crippen LogP contribution >= 0.6 is 0 Å². The summed E-state index contributed by atoms with van der Waals surface area (Å²) in [5.41, 5.74) is 1.86. The van der Waals surface area contributed by atoms with Gasteiger partial charge in [0.25, 0.3) is 11.8 Å². The molecule has 2 aromatic rings. The third kappa shape index (κ3) is 1.58. The number of fused-ring (bicyclic) bond motifs is 1. The number of rotatable bonds is 2. The second kappa shape index (κ2) is 4.05. The Hall–Kier alpha value is -2.43. The maximum absolute atomic E-state index is 12.3. The van der Waals surface area contributed by atoms with Crippen molar-refractivity contribution in [2.24, 2.45) is 7.05 Å². The van der Waals surface area contributed by atoms with Gasteiger partial charge in [0.15, 0.2) is 5.82 Å². The Morgan fingerprint density at radius 3 is 2.16 bits per heavy atom. The topological polar surface area (TPSA) is 55.2 Å². The maximum Gasteiger partial charge on any atom is 0.267 e. The quantitative estimate of drug-likeness (QED) is 0.769. The number of amides is 2. The molecule has 19 heavy (non-hydrogen) atoms. The molecule has 1 aromatic heterocycles. The first-order chi connectivity index (χ1) is 9.13. The fraction of sp³-hybridized carbons (Fsp3) is 0.214. The first kappa shape index (κ1) is 11.6. The van der Waals surface area contributed by atoms with Crippen LogP contribution in [-0.4, -0.2) is 21.6 Å². The largest absolute Gasteiger partial charge is 0.271 e. The van der Waals surface area contributed by atoms with Crippen LogP contribution in [0.2, 0.25) is 0 Å². The van der Waals surface area contributed by atoms with Gasteiger partial charge in [-0.05, 0) is 18.6 Å². The lowest BCUT2D eigenvalue weighted by Gasteiger charge is -2.09. The molecular formula is C14H13N3O2. The smallest absolute Gasteiger partial charge is 0.267 e. The summed E-state index contributed by atoms with van der Waals surface area (Å²) >= 11 is 0. The highest BCUT2D eigenvalue weighted by molar-refractivity contribution is 6.34. The summed E-state index contributed by atoms with van der Waals surface area (Å²) in [7, 11) is 1.81. The van der Waals surface area contributed by atoms with E-state index in [0.717, 1.165) is 17.0 Å². The van der Waals surface area contributed by atoms with Gasteiger partial charge in [-0.15, -0.1) is 0 Å². The second-order valence-electron chi connectivity index (χ2n) is 4.46. The lowest BCUT2D eigenvalue weighted by Crippen LogP contribution is -2.29. The number of anilines is 1. The molecule has 5 nitrogen and oxygen atoms in total. The summed E-state index contributed by atoms with van der Waals surface area (Å²) in [6, 6.07) is 8.62. The zero-order valence-electron chi connectivity index (χ0n) is 10.8. The number of nitrogens with zero attached hydrogens (tertiary/aromatic N) is 3. The summed E-state index contributed by atoms with van der Waals surface area (Å²) in [6.45, 7) is 2.00. The van der Waals surface area contributed by atoms with Gasteiger partial charge >= 0.3 is 0 Å². The van der Waals surface area contributed by atoms with E-state index in [1.54, 1.807) is 42.1 Å². The Balaban J connectivity index is 2.08. The van der Waals surface area contributed by atoms with Crippen LogP contribution in [0.25, 0.3) is 0 Å². The number of carbonyl (C=O) groups excluding carboxylic acids is 2. The lowest BCUT2D eigenvalue weighted by atomic mass is 10.1. The van der Waals surface area contributed by atoms with E-state index < -0.39 is 0 Å². The number of imide groups is 1. The van der Waals surface area contributed by atoms with Crippen LogP contribution in [0.1, 0.15) is 33.3 Å². The molecule has 0 saturated heterocycles. The third-order valence-electron chi connectivity index (χ3n) is 3.35. The molecule has 0 saturated carbocycles. The molecule has 2 heterocycles. The summed E-state index contributed by atoms with van der Waals surface area (Å²) < 4.78 is 1.69. The summed E-state index contributed by atoms with van der Waals surface area (Å²) in [5.74, 6) is -0.215. The molecule has 1 aromatic carbocycles. The number of hydrogen-bond acceptors (Lipinski definition) is 3. The number of aromatic nitrogens is 2. The highest BCUT2D eigenvalue weighted by atomic mass is 16.2. The van der Waals surface area contributed by atoms with Crippen LogP contribution in [-0.2, 0) is 13.5 Å². The molecule has 0 radical (unpaired) electrons. The zero-order valence-corrected chi connectivity index (χ0v) is 10.8. The van der Waals surface area contributed by atoms with Crippen molar-refractivity contribution in [3.63, 3.8) is 0 Å². The molecule has 0 N–H and O–H groups in total. The molecule has 96 valence electrons. The minimum Gasteiger partial charge on any atom is -0.271 e. The first-order valence-electron chi connectivity index (χ1n) is 6.14. The van der Waals surface area contributed by atoms with E-state index in [4.69, 9.17) is 0 Å². The van der Waals surface area contributed by atoms with E-state index in [1.807, 2.05) is 6.92 Å². The molecule has 0 spiro atoms. The molecule has 0 fully saturated rings. The van der Waals surface area contributed by atoms with E-state index in [2.05, 4.69) is 5.10 Å². The SMILES string of the molecule is CCc1cc(N2C(=O)c3ccccc3C2=O)nn1C. The van der Waals surface area contributed by atoms with Gasteiger partial charge in [0.1, 0.15) is 0 Å². The van der Waals surface area contributed by atoms with Gasteiger partial charge in [0.05, 0.1) is 11.1 Å². The van der Waals surface area contributed by atoms with Crippen molar-refractivity contribution in [2.45, 2.75) is 13.3 Å². The van der Waals surface area contributed by atoms with Crippen LogP contribution in [0.4, 0.5) is 5.82 Å². The van der Waals surface area contributed by atoms with E-state index in [9.17, 15) is 9.59 Å². The van der Waals surface area contributed by atoms with Crippen LogP contribution in [0.3, 0.4) is 0 Å². The second-order valence-corrected chi connectivity index (χ2v) is 4.46. The molecular weight excluding hydrogens is 242 g/mol. The maximum atomic E-state index is 12.3. The standard InChI is InChI=1S/C14H13N3O2/c1-3-9-8-12(15-16(9)2)17-13(18)10-6-4-5-7-11(10)14(17)19/h4-8H,3H2,1-2H3. The monoisotopic (exact) mass is 255 g/mol. The molecule has 0 bridgehead atoms. The molecule has 2 amide bonds. The van der Waals surface area contributed by atoms with Crippen molar-refractivity contribution < 1.29 is 9.59 Å². The molecule has 0 atom stereocenters. The van der Waals surface area contributed by atoms with Gasteiger partial charge in [0, 0.05) is 18.8 Å². The predicted octanol–water partition coefficient (Wildman–Crippen LogP) is 1.78. The van der Waals surface area contributed by atoms with Crippen molar-refractivity contribution in [1.82, 2.24) is 9.78 Å². The molecule has 0 unspecified atom stereocenters. The lowest BCUT2D eigenvalue weighted by molar-refractivity contribution is 0.0925. The summed E-state index contributed by atoms with van der Waals surface area (Å²) in [6.07, 6.45) is 0.798. The Kier molecular flexibility index (Phi) is 2.48. The van der Waals surface area contributed by atoms with E-state index >= 15 is 0 Å². The van der Waals surface area contributed by atoms with Crippen molar-refractivity contribution in [1.29, 1.82) is 0 Å². The van der Waals surface area contributed by atoms with Gasteiger partial charge < -0.3 is 0 Å². The highest BCUT2D eigenvalue weighted by Crippen LogP contribution is 2.27. The van der Waals surface area contributed by atoms with Crippen LogP contribution in [0.5, 0.6) is 0 Å². The fourth-order valence-electron chi connectivity index (χ4n) is 2.33.